The second kappa shape index (κ2) is 11.8. The number of hydrogen-bond acceptors (Lipinski definition) is 8. The number of nitrogens with zero attached hydrogens (tertiary/aromatic N) is 3. The number of halogens is 1. The molecule has 0 spiro atoms. The fourth-order valence-electron chi connectivity index (χ4n) is 4.11. The molecule has 2 aromatic rings. The van der Waals surface area contributed by atoms with Gasteiger partial charge < -0.3 is 26.4 Å². The summed E-state index contributed by atoms with van der Waals surface area (Å²) in [5, 5.41) is 2.70. The summed E-state index contributed by atoms with van der Waals surface area (Å²) in [5.41, 5.74) is 14.5. The van der Waals surface area contributed by atoms with Crippen LogP contribution in [0.1, 0.15) is 41.9 Å². The number of Topliss-reactive ketones (excluding diaryl/α,β-unsaturated/α-hetero) is 1. The Morgan fingerprint density at radius 1 is 1.18 bits per heavy atom. The summed E-state index contributed by atoms with van der Waals surface area (Å²) in [6.45, 7) is 3.77. The fourth-order valence-corrected chi connectivity index (χ4v) is 4.27. The third-order valence-corrected chi connectivity index (χ3v) is 5.97. The molecule has 2 unspecified atom stereocenters. The number of nitrogen functional groups attached to an aromatic ring is 1. The highest BCUT2D eigenvalue weighted by Gasteiger charge is 2.45. The van der Waals surface area contributed by atoms with Crippen LogP contribution in [-0.2, 0) is 9.53 Å². The number of anilines is 2. The van der Waals surface area contributed by atoms with Gasteiger partial charge in [0.05, 0.1) is 12.5 Å². The number of carbonyl (C=O) groups is 2. The maximum absolute atomic E-state index is 13.0. The normalized spacial score (nSPS) is 17.0. The zero-order valence-electron chi connectivity index (χ0n) is 18.8. The Bertz CT molecular complexity index is 956. The van der Waals surface area contributed by atoms with Crippen molar-refractivity contribution in [2.24, 2.45) is 5.73 Å². The lowest BCUT2D eigenvalue weighted by Crippen LogP contribution is -2.43. The van der Waals surface area contributed by atoms with Crippen LogP contribution in [0.2, 0.25) is 0 Å². The maximum atomic E-state index is 13.0. The summed E-state index contributed by atoms with van der Waals surface area (Å²) in [6, 6.07) is 7.42. The number of carbonyl (C=O) groups excluding carboxylic acids is 2. The quantitative estimate of drug-likeness (QED) is 0.333. The van der Waals surface area contributed by atoms with Crippen LogP contribution in [0.25, 0.3) is 0 Å². The van der Waals surface area contributed by atoms with E-state index in [4.69, 9.17) is 27.8 Å². The van der Waals surface area contributed by atoms with Gasteiger partial charge in [-0.05, 0) is 38.3 Å². The topological polar surface area (TPSA) is 136 Å². The minimum Gasteiger partial charge on any atom is -0.449 e. The van der Waals surface area contributed by atoms with Gasteiger partial charge in [0.15, 0.2) is 5.78 Å². The largest absolute Gasteiger partial charge is 0.449 e. The van der Waals surface area contributed by atoms with E-state index < -0.39 is 12.1 Å². The summed E-state index contributed by atoms with van der Waals surface area (Å²) in [6.07, 6.45) is 3.09. The summed E-state index contributed by atoms with van der Waals surface area (Å²) in [5.74, 6) is 0.362. The van der Waals surface area contributed by atoms with Crippen molar-refractivity contribution in [1.29, 1.82) is 0 Å². The van der Waals surface area contributed by atoms with E-state index in [0.717, 1.165) is 29.5 Å². The SMILES string of the molecule is Cc1ccc(C2c3c(N)ncnc3N(CCCOC(=O)NCCCCN)C2C(=O)CCl)cc1. The molecule has 1 aromatic carbocycles. The van der Waals surface area contributed by atoms with Crippen molar-refractivity contribution >= 4 is 35.1 Å². The highest BCUT2D eigenvalue weighted by molar-refractivity contribution is 6.29. The van der Waals surface area contributed by atoms with Crippen LogP contribution >= 0.6 is 11.6 Å². The van der Waals surface area contributed by atoms with E-state index in [1.54, 1.807) is 0 Å². The molecule has 9 nitrogen and oxygen atoms in total. The molecule has 33 heavy (non-hydrogen) atoms. The number of fused-ring (bicyclic) bond motifs is 1. The van der Waals surface area contributed by atoms with Gasteiger partial charge >= 0.3 is 6.09 Å². The Morgan fingerprint density at radius 2 is 1.94 bits per heavy atom. The molecule has 1 aliphatic heterocycles. The second-order valence-corrected chi connectivity index (χ2v) is 8.30. The van der Waals surface area contributed by atoms with Crippen LogP contribution in [0, 0.1) is 6.92 Å². The molecule has 1 amide bonds. The molecule has 178 valence electrons. The number of hydrogen-bond donors (Lipinski definition) is 3. The Kier molecular flexibility index (Phi) is 8.85. The minimum absolute atomic E-state index is 0.127. The first kappa shape index (κ1) is 24.7. The number of ether oxygens (including phenoxy) is 1. The predicted molar refractivity (Wildman–Crippen MR) is 129 cm³/mol. The highest BCUT2D eigenvalue weighted by atomic mass is 35.5. The van der Waals surface area contributed by atoms with Crippen molar-refractivity contribution in [3.8, 4) is 0 Å². The zero-order valence-corrected chi connectivity index (χ0v) is 19.6. The molecule has 3 rings (SSSR count). The van der Waals surface area contributed by atoms with Gasteiger partial charge in [0.1, 0.15) is 24.0 Å². The van der Waals surface area contributed by atoms with E-state index >= 15 is 0 Å². The van der Waals surface area contributed by atoms with Gasteiger partial charge in [-0.15, -0.1) is 11.6 Å². The van der Waals surface area contributed by atoms with Gasteiger partial charge in [0.2, 0.25) is 0 Å². The van der Waals surface area contributed by atoms with Crippen molar-refractivity contribution < 1.29 is 14.3 Å². The first-order valence-electron chi connectivity index (χ1n) is 11.1. The number of alkyl carbamates (subject to hydrolysis) is 1. The van der Waals surface area contributed by atoms with Gasteiger partial charge in [-0.3, -0.25) is 4.79 Å². The third-order valence-electron chi connectivity index (χ3n) is 5.70. The zero-order chi connectivity index (χ0) is 23.8. The third kappa shape index (κ3) is 5.91. The molecule has 2 heterocycles. The number of aromatic nitrogens is 2. The fraction of sp³-hybridized carbons (Fsp3) is 0.478. The summed E-state index contributed by atoms with van der Waals surface area (Å²) in [4.78, 5) is 35.4. The minimum atomic E-state index is -0.565. The van der Waals surface area contributed by atoms with Gasteiger partial charge in [-0.25, -0.2) is 14.8 Å². The molecule has 0 aliphatic carbocycles. The second-order valence-electron chi connectivity index (χ2n) is 8.03. The lowest BCUT2D eigenvalue weighted by molar-refractivity contribution is -0.118. The monoisotopic (exact) mass is 474 g/mol. The smallest absolute Gasteiger partial charge is 0.407 e. The molecule has 0 saturated carbocycles. The molecular weight excluding hydrogens is 444 g/mol. The van der Waals surface area contributed by atoms with Crippen molar-refractivity contribution in [3.05, 3.63) is 47.3 Å². The predicted octanol–water partition coefficient (Wildman–Crippen LogP) is 2.35. The number of nitrogens with two attached hydrogens (primary N) is 2. The molecule has 1 aromatic heterocycles. The van der Waals surface area contributed by atoms with E-state index in [9.17, 15) is 9.59 Å². The van der Waals surface area contributed by atoms with Gasteiger partial charge in [0.25, 0.3) is 0 Å². The van der Waals surface area contributed by atoms with E-state index in [1.807, 2.05) is 36.1 Å². The molecule has 0 radical (unpaired) electrons. The lowest BCUT2D eigenvalue weighted by Gasteiger charge is -2.28. The van der Waals surface area contributed by atoms with Crippen LogP contribution in [0.5, 0.6) is 0 Å². The van der Waals surface area contributed by atoms with Crippen LogP contribution in [-0.4, -0.2) is 60.0 Å². The Labute approximate surface area is 198 Å². The number of ketones is 1. The average Bonchev–Trinajstić information content (AvgIpc) is 3.15. The Hall–Kier alpha value is -2.91. The van der Waals surface area contributed by atoms with E-state index in [0.29, 0.717) is 37.7 Å². The number of amides is 1. The summed E-state index contributed by atoms with van der Waals surface area (Å²) >= 11 is 6.00. The molecular formula is C23H31ClN6O3. The van der Waals surface area contributed by atoms with Crippen molar-refractivity contribution in [1.82, 2.24) is 15.3 Å². The Balaban J connectivity index is 1.75. The standard InChI is InChI=1S/C23H31ClN6O3/c1-15-5-7-16(8-6-15)18-19-21(26)28-14-29-22(19)30(20(18)17(31)13-24)11-4-12-33-23(32)27-10-3-2-9-25/h5-8,14,18,20H,2-4,9-13,25H2,1H3,(H,27,32)(H2,26,28,29). The van der Waals surface area contributed by atoms with Crippen LogP contribution in [0.3, 0.4) is 0 Å². The molecule has 0 saturated heterocycles. The first-order chi connectivity index (χ1) is 16.0. The van der Waals surface area contributed by atoms with Crippen molar-refractivity contribution in [2.75, 3.05) is 42.8 Å². The molecule has 2 atom stereocenters. The number of rotatable bonds is 11. The van der Waals surface area contributed by atoms with Crippen molar-refractivity contribution in [3.63, 3.8) is 0 Å². The molecule has 0 bridgehead atoms. The molecule has 10 heteroatoms. The summed E-state index contributed by atoms with van der Waals surface area (Å²) in [7, 11) is 0. The van der Waals surface area contributed by atoms with E-state index in [1.165, 1.54) is 6.33 Å². The molecule has 5 N–H and O–H groups in total. The maximum Gasteiger partial charge on any atom is 0.407 e. The number of benzene rings is 1. The molecule has 0 fully saturated rings. The lowest BCUT2D eigenvalue weighted by atomic mass is 9.86. The number of unbranched alkanes of at least 4 members (excludes halogenated alkanes) is 1. The first-order valence-corrected chi connectivity index (χ1v) is 11.6. The number of alkyl halides is 1. The highest BCUT2D eigenvalue weighted by Crippen LogP contribution is 2.46. The Morgan fingerprint density at radius 3 is 2.64 bits per heavy atom. The number of nitrogens with one attached hydrogen (secondary N) is 1. The van der Waals surface area contributed by atoms with Crippen LogP contribution < -0.4 is 21.7 Å². The molecule has 1 aliphatic rings. The van der Waals surface area contributed by atoms with Crippen LogP contribution in [0.4, 0.5) is 16.4 Å². The van der Waals surface area contributed by atoms with E-state index in [2.05, 4.69) is 15.3 Å². The van der Waals surface area contributed by atoms with E-state index in [-0.39, 0.29) is 24.2 Å². The number of aryl methyl sites for hydroxylation is 1. The van der Waals surface area contributed by atoms with Gasteiger partial charge in [-0.1, -0.05) is 29.8 Å². The van der Waals surface area contributed by atoms with Gasteiger partial charge in [-0.2, -0.15) is 0 Å². The van der Waals surface area contributed by atoms with Crippen LogP contribution in [0.15, 0.2) is 30.6 Å². The van der Waals surface area contributed by atoms with Crippen molar-refractivity contribution in [2.45, 2.75) is 38.1 Å². The average molecular weight is 475 g/mol. The van der Waals surface area contributed by atoms with Gasteiger partial charge in [0, 0.05) is 24.6 Å². The summed E-state index contributed by atoms with van der Waals surface area (Å²) < 4.78 is 5.26.